The Bertz CT molecular complexity index is 755. The Labute approximate surface area is 161 Å². The monoisotopic (exact) mass is 420 g/mol. The minimum atomic E-state index is -1.03. The number of hydrogen-bond donors (Lipinski definition) is 1. The SMILES string of the molecule is CCCCCCOc1ccc(C(=O)Oc2ccc(C(=O)O)cc2)cc1Br. The van der Waals surface area contributed by atoms with Crippen molar-refractivity contribution >= 4 is 27.9 Å². The molecule has 138 valence electrons. The summed E-state index contributed by atoms with van der Waals surface area (Å²) in [6.45, 7) is 2.80. The van der Waals surface area contributed by atoms with Crippen LogP contribution in [0.1, 0.15) is 53.3 Å². The molecule has 0 saturated heterocycles. The maximum Gasteiger partial charge on any atom is 0.343 e. The molecule has 2 aromatic rings. The molecule has 0 atom stereocenters. The zero-order valence-corrected chi connectivity index (χ0v) is 16.1. The fourth-order valence-electron chi connectivity index (χ4n) is 2.29. The van der Waals surface area contributed by atoms with Gasteiger partial charge in [-0.1, -0.05) is 26.2 Å². The van der Waals surface area contributed by atoms with Crippen LogP contribution in [0.4, 0.5) is 0 Å². The summed E-state index contributed by atoms with van der Waals surface area (Å²) < 4.78 is 11.7. The number of halogens is 1. The summed E-state index contributed by atoms with van der Waals surface area (Å²) in [5, 5.41) is 8.87. The molecule has 0 spiro atoms. The van der Waals surface area contributed by atoms with Gasteiger partial charge in [-0.2, -0.15) is 0 Å². The van der Waals surface area contributed by atoms with Gasteiger partial charge in [-0.05, 0) is 64.8 Å². The van der Waals surface area contributed by atoms with Gasteiger partial charge in [0.05, 0.1) is 22.2 Å². The van der Waals surface area contributed by atoms with Gasteiger partial charge in [0.15, 0.2) is 0 Å². The average molecular weight is 421 g/mol. The predicted molar refractivity (Wildman–Crippen MR) is 102 cm³/mol. The van der Waals surface area contributed by atoms with Gasteiger partial charge in [-0.25, -0.2) is 9.59 Å². The lowest BCUT2D eigenvalue weighted by Crippen LogP contribution is -2.09. The Kier molecular flexibility index (Phi) is 7.66. The second kappa shape index (κ2) is 9.97. The molecule has 0 aliphatic rings. The van der Waals surface area contributed by atoms with E-state index in [0.29, 0.717) is 22.4 Å². The van der Waals surface area contributed by atoms with Crippen molar-refractivity contribution in [3.63, 3.8) is 0 Å². The summed E-state index contributed by atoms with van der Waals surface area (Å²) >= 11 is 3.41. The number of aromatic carboxylic acids is 1. The van der Waals surface area contributed by atoms with Crippen LogP contribution in [0.25, 0.3) is 0 Å². The number of esters is 1. The van der Waals surface area contributed by atoms with Crippen LogP contribution in [-0.4, -0.2) is 23.7 Å². The maximum absolute atomic E-state index is 12.2. The molecule has 1 N–H and O–H groups in total. The average Bonchev–Trinajstić information content (AvgIpc) is 2.63. The van der Waals surface area contributed by atoms with E-state index in [1.807, 2.05) is 0 Å². The summed E-state index contributed by atoms with van der Waals surface area (Å²) in [4.78, 5) is 23.1. The molecule has 2 rings (SSSR count). The molecule has 0 radical (unpaired) electrons. The zero-order valence-electron chi connectivity index (χ0n) is 14.5. The van der Waals surface area contributed by atoms with Crippen LogP contribution in [0.5, 0.6) is 11.5 Å². The number of ether oxygens (including phenoxy) is 2. The number of carboxylic acids is 1. The van der Waals surface area contributed by atoms with Gasteiger partial charge in [0, 0.05) is 0 Å². The van der Waals surface area contributed by atoms with Gasteiger partial charge in [-0.15, -0.1) is 0 Å². The number of benzene rings is 2. The summed E-state index contributed by atoms with van der Waals surface area (Å²) in [7, 11) is 0. The fourth-order valence-corrected chi connectivity index (χ4v) is 2.78. The van der Waals surface area contributed by atoms with Crippen molar-refractivity contribution in [3.05, 3.63) is 58.1 Å². The maximum atomic E-state index is 12.2. The molecule has 5 nitrogen and oxygen atoms in total. The lowest BCUT2D eigenvalue weighted by molar-refractivity contribution is 0.0696. The van der Waals surface area contributed by atoms with E-state index in [-0.39, 0.29) is 11.3 Å². The Hall–Kier alpha value is -2.34. The molecule has 0 amide bonds. The quantitative estimate of drug-likeness (QED) is 0.337. The molecule has 6 heteroatoms. The molecule has 26 heavy (non-hydrogen) atoms. The number of carbonyl (C=O) groups is 2. The first-order valence-electron chi connectivity index (χ1n) is 8.49. The van der Waals surface area contributed by atoms with E-state index in [0.717, 1.165) is 12.8 Å². The minimum Gasteiger partial charge on any atom is -0.492 e. The second-order valence-corrected chi connectivity index (χ2v) is 6.63. The first kappa shape index (κ1) is 20.0. The van der Waals surface area contributed by atoms with Crippen LogP contribution in [0, 0.1) is 0 Å². The van der Waals surface area contributed by atoms with Gasteiger partial charge in [-0.3, -0.25) is 0 Å². The van der Waals surface area contributed by atoms with Crippen molar-refractivity contribution in [1.82, 2.24) is 0 Å². The van der Waals surface area contributed by atoms with E-state index in [1.165, 1.54) is 37.1 Å². The van der Waals surface area contributed by atoms with E-state index in [2.05, 4.69) is 22.9 Å². The van der Waals surface area contributed by atoms with Crippen LogP contribution in [0.2, 0.25) is 0 Å². The summed E-state index contributed by atoms with van der Waals surface area (Å²) in [6.07, 6.45) is 4.51. The smallest absolute Gasteiger partial charge is 0.343 e. The van der Waals surface area contributed by atoms with Gasteiger partial charge in [0.25, 0.3) is 0 Å². The first-order chi connectivity index (χ1) is 12.5. The standard InChI is InChI=1S/C20H21BrO5/c1-2-3-4-5-12-25-18-11-8-15(13-17(18)21)20(24)26-16-9-6-14(7-10-16)19(22)23/h6-11,13H,2-5,12H2,1H3,(H,22,23). The largest absolute Gasteiger partial charge is 0.492 e. The van der Waals surface area contributed by atoms with Crippen molar-refractivity contribution < 1.29 is 24.2 Å². The predicted octanol–water partition coefficient (Wildman–Crippen LogP) is 5.33. The third kappa shape index (κ3) is 5.88. The number of hydrogen-bond acceptors (Lipinski definition) is 4. The number of carboxylic acid groups (broad SMARTS) is 1. The van der Waals surface area contributed by atoms with E-state index >= 15 is 0 Å². The molecular weight excluding hydrogens is 400 g/mol. The van der Waals surface area contributed by atoms with Gasteiger partial charge < -0.3 is 14.6 Å². The van der Waals surface area contributed by atoms with Gasteiger partial charge in [0.2, 0.25) is 0 Å². The Morgan fingerprint density at radius 1 is 1.00 bits per heavy atom. The number of rotatable bonds is 9. The minimum absolute atomic E-state index is 0.132. The number of carbonyl (C=O) groups excluding carboxylic acids is 1. The molecule has 0 saturated carbocycles. The van der Waals surface area contributed by atoms with Crippen LogP contribution < -0.4 is 9.47 Å². The zero-order chi connectivity index (χ0) is 18.9. The molecule has 0 unspecified atom stereocenters. The summed E-state index contributed by atoms with van der Waals surface area (Å²) in [6, 6.07) is 10.7. The summed E-state index contributed by atoms with van der Waals surface area (Å²) in [5.41, 5.74) is 0.505. The highest BCUT2D eigenvalue weighted by molar-refractivity contribution is 9.10. The Balaban J connectivity index is 1.94. The van der Waals surface area contributed by atoms with E-state index < -0.39 is 11.9 Å². The van der Waals surface area contributed by atoms with Crippen molar-refractivity contribution in [2.75, 3.05) is 6.61 Å². The highest BCUT2D eigenvalue weighted by Crippen LogP contribution is 2.27. The van der Waals surface area contributed by atoms with Crippen molar-refractivity contribution in [3.8, 4) is 11.5 Å². The van der Waals surface area contributed by atoms with E-state index in [1.54, 1.807) is 18.2 Å². The lowest BCUT2D eigenvalue weighted by atomic mass is 10.2. The normalized spacial score (nSPS) is 10.4. The van der Waals surface area contributed by atoms with Crippen LogP contribution in [0.15, 0.2) is 46.9 Å². The van der Waals surface area contributed by atoms with Crippen molar-refractivity contribution in [1.29, 1.82) is 0 Å². The second-order valence-electron chi connectivity index (χ2n) is 5.77. The third-order valence-electron chi connectivity index (χ3n) is 3.73. The molecule has 0 heterocycles. The lowest BCUT2D eigenvalue weighted by Gasteiger charge is -2.10. The molecule has 0 aliphatic carbocycles. The fraction of sp³-hybridized carbons (Fsp3) is 0.300. The molecule has 0 aliphatic heterocycles. The van der Waals surface area contributed by atoms with Crippen molar-refractivity contribution in [2.45, 2.75) is 32.6 Å². The molecule has 0 fully saturated rings. The highest BCUT2D eigenvalue weighted by atomic mass is 79.9. The van der Waals surface area contributed by atoms with Gasteiger partial charge in [0.1, 0.15) is 11.5 Å². The Morgan fingerprint density at radius 2 is 1.69 bits per heavy atom. The van der Waals surface area contributed by atoms with E-state index in [4.69, 9.17) is 14.6 Å². The summed E-state index contributed by atoms with van der Waals surface area (Å²) in [5.74, 6) is -0.586. The topological polar surface area (TPSA) is 72.8 Å². The third-order valence-corrected chi connectivity index (χ3v) is 4.35. The van der Waals surface area contributed by atoms with E-state index in [9.17, 15) is 9.59 Å². The van der Waals surface area contributed by atoms with Crippen LogP contribution in [0.3, 0.4) is 0 Å². The highest BCUT2D eigenvalue weighted by Gasteiger charge is 2.12. The van der Waals surface area contributed by atoms with Crippen LogP contribution in [-0.2, 0) is 0 Å². The van der Waals surface area contributed by atoms with Gasteiger partial charge >= 0.3 is 11.9 Å². The Morgan fingerprint density at radius 3 is 2.31 bits per heavy atom. The van der Waals surface area contributed by atoms with Crippen molar-refractivity contribution in [2.24, 2.45) is 0 Å². The molecular formula is C20H21BrO5. The first-order valence-corrected chi connectivity index (χ1v) is 9.28. The van der Waals surface area contributed by atoms with Crippen LogP contribution >= 0.6 is 15.9 Å². The molecule has 0 bridgehead atoms. The number of unbranched alkanes of at least 4 members (excludes halogenated alkanes) is 3. The molecule has 0 aromatic heterocycles. The molecule has 2 aromatic carbocycles.